The third-order valence-corrected chi connectivity index (χ3v) is 6.58. The van der Waals surface area contributed by atoms with Gasteiger partial charge in [-0.15, -0.1) is 0 Å². The van der Waals surface area contributed by atoms with Crippen molar-refractivity contribution in [1.29, 1.82) is 5.26 Å². The number of piperidine rings is 1. The molecule has 1 N–H and O–H groups in total. The maximum atomic E-state index is 12.8. The molecule has 0 spiro atoms. The summed E-state index contributed by atoms with van der Waals surface area (Å²) in [5, 5.41) is 12.6. The number of hydrogen-bond acceptors (Lipinski definition) is 8. The number of aromatic nitrogens is 1. The van der Waals surface area contributed by atoms with Crippen LogP contribution in [0.4, 0.5) is 5.88 Å². The number of carbonyl (C=O) groups is 1. The Balaban J connectivity index is 1.10. The standard InChI is InChI=1S/C26H29N5O4/c27-15-22-26(35-25(29-22)23-7-4-13-34-23)31-10-8-20(9-11-31)24(32)28-16-21-18-30(12-14-33-21)17-19-5-2-1-3-6-19/h1-7,13,20-21H,8-12,14,16-18H2,(H,28,32). The molecule has 0 aliphatic carbocycles. The lowest BCUT2D eigenvalue weighted by Gasteiger charge is -2.34. The van der Waals surface area contributed by atoms with Gasteiger partial charge < -0.3 is 23.8 Å². The molecule has 9 nitrogen and oxygen atoms in total. The summed E-state index contributed by atoms with van der Waals surface area (Å²) in [6, 6.07) is 16.0. The molecule has 2 aromatic heterocycles. The Hall–Kier alpha value is -3.61. The fraction of sp³-hybridized carbons (Fsp3) is 0.423. The average Bonchev–Trinajstić information content (AvgIpc) is 3.58. The summed E-state index contributed by atoms with van der Waals surface area (Å²) < 4.78 is 17.1. The Morgan fingerprint density at radius 3 is 2.71 bits per heavy atom. The van der Waals surface area contributed by atoms with Crippen molar-refractivity contribution in [2.75, 3.05) is 44.2 Å². The first-order valence-corrected chi connectivity index (χ1v) is 12.0. The Kier molecular flexibility index (Phi) is 7.12. The minimum Gasteiger partial charge on any atom is -0.459 e. The van der Waals surface area contributed by atoms with E-state index in [0.29, 0.717) is 50.7 Å². The zero-order chi connectivity index (χ0) is 24.0. The molecule has 0 radical (unpaired) electrons. The minimum atomic E-state index is -0.0757. The summed E-state index contributed by atoms with van der Waals surface area (Å²) in [6.45, 7) is 5.00. The van der Waals surface area contributed by atoms with Crippen molar-refractivity contribution in [3.63, 3.8) is 0 Å². The molecule has 4 heterocycles. The van der Waals surface area contributed by atoms with E-state index in [0.717, 1.165) is 19.6 Å². The number of oxazole rings is 1. The highest BCUT2D eigenvalue weighted by molar-refractivity contribution is 5.79. The molecule has 1 amide bonds. The summed E-state index contributed by atoms with van der Waals surface area (Å²) >= 11 is 0. The number of benzene rings is 1. The van der Waals surface area contributed by atoms with Gasteiger partial charge in [0.15, 0.2) is 5.76 Å². The van der Waals surface area contributed by atoms with Crippen LogP contribution in [-0.4, -0.2) is 61.2 Å². The number of amides is 1. The van der Waals surface area contributed by atoms with Gasteiger partial charge in [0.25, 0.3) is 5.89 Å². The number of anilines is 1. The zero-order valence-electron chi connectivity index (χ0n) is 19.6. The molecule has 2 fully saturated rings. The first-order chi connectivity index (χ1) is 17.2. The molecule has 2 aliphatic heterocycles. The van der Waals surface area contributed by atoms with Crippen molar-refractivity contribution in [2.24, 2.45) is 5.92 Å². The number of nitrogens with one attached hydrogen (secondary N) is 1. The van der Waals surface area contributed by atoms with Gasteiger partial charge in [-0.3, -0.25) is 9.69 Å². The number of furan rings is 1. The quantitative estimate of drug-likeness (QED) is 0.556. The van der Waals surface area contributed by atoms with Crippen LogP contribution in [0.2, 0.25) is 0 Å². The first-order valence-electron chi connectivity index (χ1n) is 12.0. The molecule has 3 aromatic rings. The van der Waals surface area contributed by atoms with Crippen molar-refractivity contribution in [3.8, 4) is 17.7 Å². The summed E-state index contributed by atoms with van der Waals surface area (Å²) in [5.74, 6) is 1.19. The fourth-order valence-corrected chi connectivity index (χ4v) is 4.70. The smallest absolute Gasteiger partial charge is 0.266 e. The van der Waals surface area contributed by atoms with E-state index in [1.807, 2.05) is 11.0 Å². The van der Waals surface area contributed by atoms with Crippen LogP contribution in [0, 0.1) is 17.2 Å². The van der Waals surface area contributed by atoms with Gasteiger partial charge >= 0.3 is 0 Å². The van der Waals surface area contributed by atoms with Crippen LogP contribution >= 0.6 is 0 Å². The molecule has 1 unspecified atom stereocenters. The Morgan fingerprint density at radius 2 is 1.97 bits per heavy atom. The molecule has 0 saturated carbocycles. The van der Waals surface area contributed by atoms with E-state index in [-0.39, 0.29) is 29.5 Å². The summed E-state index contributed by atoms with van der Waals surface area (Å²) in [6.07, 6.45) is 2.89. The lowest BCUT2D eigenvalue weighted by molar-refractivity contribution is -0.126. The van der Waals surface area contributed by atoms with E-state index in [4.69, 9.17) is 13.6 Å². The zero-order valence-corrected chi connectivity index (χ0v) is 19.6. The summed E-state index contributed by atoms with van der Waals surface area (Å²) in [5.41, 5.74) is 1.51. The van der Waals surface area contributed by atoms with Gasteiger partial charge in [-0.1, -0.05) is 30.3 Å². The van der Waals surface area contributed by atoms with Gasteiger partial charge in [0.05, 0.1) is 19.0 Å². The van der Waals surface area contributed by atoms with Gasteiger partial charge in [-0.2, -0.15) is 10.2 Å². The molecular weight excluding hydrogens is 446 g/mol. The molecule has 9 heteroatoms. The van der Waals surface area contributed by atoms with Gasteiger partial charge in [0.1, 0.15) is 6.07 Å². The molecule has 2 aliphatic rings. The van der Waals surface area contributed by atoms with Gasteiger partial charge in [0, 0.05) is 45.2 Å². The molecular formula is C26H29N5O4. The maximum Gasteiger partial charge on any atom is 0.266 e. The molecule has 1 aromatic carbocycles. The topological polar surface area (TPSA) is 108 Å². The van der Waals surface area contributed by atoms with Crippen LogP contribution in [0.5, 0.6) is 0 Å². The number of nitriles is 1. The van der Waals surface area contributed by atoms with Crippen molar-refractivity contribution in [2.45, 2.75) is 25.5 Å². The monoisotopic (exact) mass is 475 g/mol. The Morgan fingerprint density at radius 1 is 1.14 bits per heavy atom. The second kappa shape index (κ2) is 10.8. The predicted molar refractivity (Wildman–Crippen MR) is 128 cm³/mol. The van der Waals surface area contributed by atoms with E-state index < -0.39 is 0 Å². The van der Waals surface area contributed by atoms with Crippen LogP contribution in [0.25, 0.3) is 11.7 Å². The van der Waals surface area contributed by atoms with Gasteiger partial charge in [0.2, 0.25) is 17.5 Å². The van der Waals surface area contributed by atoms with Gasteiger partial charge in [-0.05, 0) is 30.5 Å². The van der Waals surface area contributed by atoms with E-state index in [2.05, 4.69) is 45.5 Å². The maximum absolute atomic E-state index is 12.8. The van der Waals surface area contributed by atoms with Gasteiger partial charge in [-0.25, -0.2) is 0 Å². The van der Waals surface area contributed by atoms with E-state index in [1.165, 1.54) is 11.8 Å². The van der Waals surface area contributed by atoms with Crippen molar-refractivity contribution in [1.82, 2.24) is 15.2 Å². The van der Waals surface area contributed by atoms with Crippen LogP contribution in [0.3, 0.4) is 0 Å². The summed E-state index contributed by atoms with van der Waals surface area (Å²) in [4.78, 5) is 21.4. The first kappa shape index (κ1) is 23.1. The van der Waals surface area contributed by atoms with Crippen LogP contribution < -0.4 is 10.2 Å². The fourth-order valence-electron chi connectivity index (χ4n) is 4.70. The number of carbonyl (C=O) groups excluding carboxylic acids is 1. The highest BCUT2D eigenvalue weighted by Gasteiger charge is 2.30. The van der Waals surface area contributed by atoms with E-state index >= 15 is 0 Å². The minimum absolute atomic E-state index is 0.0103. The lowest BCUT2D eigenvalue weighted by Crippen LogP contribution is -2.48. The number of rotatable bonds is 7. The average molecular weight is 476 g/mol. The largest absolute Gasteiger partial charge is 0.459 e. The molecule has 2 saturated heterocycles. The predicted octanol–water partition coefficient (Wildman–Crippen LogP) is 3.04. The highest BCUT2D eigenvalue weighted by atomic mass is 16.5. The molecule has 5 rings (SSSR count). The van der Waals surface area contributed by atoms with E-state index in [9.17, 15) is 10.1 Å². The second-order valence-corrected chi connectivity index (χ2v) is 8.98. The molecule has 0 bridgehead atoms. The SMILES string of the molecule is N#Cc1nc(-c2ccco2)oc1N1CCC(C(=O)NCC2CN(Cc3ccccc3)CCO2)CC1. The highest BCUT2D eigenvalue weighted by Crippen LogP contribution is 2.31. The number of ether oxygens (including phenoxy) is 1. The third-order valence-electron chi connectivity index (χ3n) is 6.58. The Labute approximate surface area is 204 Å². The Bertz CT molecular complexity index is 1150. The van der Waals surface area contributed by atoms with Crippen LogP contribution in [-0.2, 0) is 16.1 Å². The molecule has 182 valence electrons. The van der Waals surface area contributed by atoms with Crippen LogP contribution in [0.15, 0.2) is 57.6 Å². The van der Waals surface area contributed by atoms with Crippen molar-refractivity contribution >= 4 is 11.8 Å². The molecule has 1 atom stereocenters. The second-order valence-electron chi connectivity index (χ2n) is 8.98. The third kappa shape index (κ3) is 5.56. The van der Waals surface area contributed by atoms with Crippen molar-refractivity contribution < 1.29 is 18.4 Å². The number of hydrogen-bond donors (Lipinski definition) is 1. The normalized spacial score (nSPS) is 19.4. The number of morpholine rings is 1. The summed E-state index contributed by atoms with van der Waals surface area (Å²) in [7, 11) is 0. The van der Waals surface area contributed by atoms with E-state index in [1.54, 1.807) is 12.1 Å². The lowest BCUT2D eigenvalue weighted by atomic mass is 9.96. The van der Waals surface area contributed by atoms with Crippen molar-refractivity contribution in [3.05, 3.63) is 60.0 Å². The van der Waals surface area contributed by atoms with Crippen LogP contribution in [0.1, 0.15) is 24.1 Å². The number of nitrogens with zero attached hydrogens (tertiary/aromatic N) is 4. The molecule has 35 heavy (non-hydrogen) atoms.